The number of H-pyrrole nitrogens is 1. The molecule has 0 amide bonds. The van der Waals surface area contributed by atoms with Crippen molar-refractivity contribution in [3.05, 3.63) is 23.0 Å². The molecule has 1 fully saturated rings. The maximum Gasteiger partial charge on any atom is 0.278 e. The third-order valence-corrected chi connectivity index (χ3v) is 3.67. The van der Waals surface area contributed by atoms with Crippen LogP contribution in [0.4, 0.5) is 4.39 Å². The van der Waals surface area contributed by atoms with E-state index in [9.17, 15) is 14.3 Å². The maximum absolute atomic E-state index is 13.8. The summed E-state index contributed by atoms with van der Waals surface area (Å²) >= 11 is 0. The highest BCUT2D eigenvalue weighted by Gasteiger charge is 2.44. The van der Waals surface area contributed by atoms with Gasteiger partial charge in [0, 0.05) is 12.5 Å². The van der Waals surface area contributed by atoms with Crippen LogP contribution in [-0.2, 0) is 0 Å². The van der Waals surface area contributed by atoms with Gasteiger partial charge in [-0.25, -0.2) is 14.4 Å². The molecule has 4 atom stereocenters. The van der Waals surface area contributed by atoms with Crippen LogP contribution in [0.5, 0.6) is 0 Å². The minimum Gasteiger partial charge on any atom is -0.396 e. The molecule has 19 heavy (non-hydrogen) atoms. The Labute approximate surface area is 106 Å². The van der Waals surface area contributed by atoms with Crippen LogP contribution in [-0.4, -0.2) is 48.6 Å². The topological polar surface area (TPSA) is 104 Å². The van der Waals surface area contributed by atoms with Gasteiger partial charge in [-0.15, -0.1) is 0 Å². The Kier molecular flexibility index (Phi) is 2.83. The van der Waals surface area contributed by atoms with Gasteiger partial charge in [0.05, 0.1) is 18.7 Å². The molecule has 1 aliphatic carbocycles. The Morgan fingerprint density at radius 1 is 1.53 bits per heavy atom. The highest BCUT2D eigenvalue weighted by Crippen LogP contribution is 2.37. The molecule has 0 saturated heterocycles. The number of alkyl halides is 1. The predicted octanol–water partition coefficient (Wildman–Crippen LogP) is -0.628. The van der Waals surface area contributed by atoms with Crippen molar-refractivity contribution in [2.75, 3.05) is 6.61 Å². The van der Waals surface area contributed by atoms with E-state index in [1.54, 1.807) is 0 Å². The number of hydrogen-bond donors (Lipinski definition) is 3. The molecule has 1 aliphatic rings. The van der Waals surface area contributed by atoms with E-state index in [4.69, 9.17) is 5.11 Å². The number of aromatic nitrogens is 4. The van der Waals surface area contributed by atoms with Gasteiger partial charge in [-0.1, -0.05) is 0 Å². The average molecular weight is 268 g/mol. The zero-order chi connectivity index (χ0) is 13.6. The van der Waals surface area contributed by atoms with Crippen LogP contribution in [0.3, 0.4) is 0 Å². The molecule has 0 spiro atoms. The first-order valence-corrected chi connectivity index (χ1v) is 5.96. The summed E-state index contributed by atoms with van der Waals surface area (Å²) < 4.78 is 15.3. The molecule has 8 heteroatoms. The number of aliphatic hydroxyl groups excluding tert-OH is 2. The SMILES string of the molecule is O=c1[nH]cnc2c1ncn2[C@@H]1C[C@H](CO)[C@H](F)[C@H]1O. The van der Waals surface area contributed by atoms with Crippen molar-refractivity contribution in [2.45, 2.75) is 24.7 Å². The third kappa shape index (κ3) is 1.75. The molecule has 2 heterocycles. The molecule has 2 aromatic heterocycles. The zero-order valence-corrected chi connectivity index (χ0v) is 9.90. The molecule has 0 aliphatic heterocycles. The second-order valence-electron chi connectivity index (χ2n) is 4.74. The van der Waals surface area contributed by atoms with Crippen molar-refractivity contribution in [1.82, 2.24) is 19.5 Å². The van der Waals surface area contributed by atoms with E-state index >= 15 is 0 Å². The first kappa shape index (κ1) is 12.2. The van der Waals surface area contributed by atoms with E-state index in [-0.39, 0.29) is 24.1 Å². The van der Waals surface area contributed by atoms with Crippen LogP contribution in [0.2, 0.25) is 0 Å². The first-order valence-electron chi connectivity index (χ1n) is 5.96. The Morgan fingerprint density at radius 2 is 2.32 bits per heavy atom. The van der Waals surface area contributed by atoms with Crippen molar-refractivity contribution in [1.29, 1.82) is 0 Å². The van der Waals surface area contributed by atoms with Crippen molar-refractivity contribution in [3.8, 4) is 0 Å². The molecule has 3 N–H and O–H groups in total. The zero-order valence-electron chi connectivity index (χ0n) is 9.90. The number of hydrogen-bond acceptors (Lipinski definition) is 5. The summed E-state index contributed by atoms with van der Waals surface area (Å²) in [5, 5.41) is 19.0. The minimum absolute atomic E-state index is 0.151. The van der Waals surface area contributed by atoms with Crippen LogP contribution in [0.1, 0.15) is 12.5 Å². The van der Waals surface area contributed by atoms with E-state index in [1.165, 1.54) is 17.2 Å². The van der Waals surface area contributed by atoms with Gasteiger partial charge in [0.2, 0.25) is 0 Å². The quantitative estimate of drug-likeness (QED) is 0.673. The number of rotatable bonds is 2. The normalized spacial score (nSPS) is 31.1. The average Bonchev–Trinajstić information content (AvgIpc) is 2.94. The fourth-order valence-electron chi connectivity index (χ4n) is 2.63. The van der Waals surface area contributed by atoms with Crippen LogP contribution in [0.15, 0.2) is 17.4 Å². The monoisotopic (exact) mass is 268 g/mol. The number of halogens is 1. The largest absolute Gasteiger partial charge is 0.396 e. The fourth-order valence-corrected chi connectivity index (χ4v) is 2.63. The molecule has 2 aromatic rings. The summed E-state index contributed by atoms with van der Waals surface area (Å²) in [6.07, 6.45) is 0.150. The molecule has 0 bridgehead atoms. The van der Waals surface area contributed by atoms with Crippen LogP contribution in [0.25, 0.3) is 11.2 Å². The number of nitrogens with one attached hydrogen (secondary N) is 1. The lowest BCUT2D eigenvalue weighted by Crippen LogP contribution is -2.27. The minimum atomic E-state index is -1.49. The van der Waals surface area contributed by atoms with Gasteiger partial charge >= 0.3 is 0 Å². The van der Waals surface area contributed by atoms with E-state index in [1.807, 2.05) is 0 Å². The van der Waals surface area contributed by atoms with Gasteiger partial charge in [-0.2, -0.15) is 0 Å². The van der Waals surface area contributed by atoms with E-state index in [0.29, 0.717) is 5.65 Å². The van der Waals surface area contributed by atoms with Crippen molar-refractivity contribution in [3.63, 3.8) is 0 Å². The summed E-state index contributed by atoms with van der Waals surface area (Å²) in [4.78, 5) is 21.9. The lowest BCUT2D eigenvalue weighted by atomic mass is 10.1. The number of fused-ring (bicyclic) bond motifs is 1. The summed E-state index contributed by atoms with van der Waals surface area (Å²) in [6.45, 7) is -0.324. The van der Waals surface area contributed by atoms with E-state index in [0.717, 1.165) is 0 Å². The second kappa shape index (κ2) is 4.39. The molecule has 0 radical (unpaired) electrons. The molecule has 0 aromatic carbocycles. The number of aromatic amines is 1. The van der Waals surface area contributed by atoms with Crippen LogP contribution in [0, 0.1) is 5.92 Å². The van der Waals surface area contributed by atoms with Crippen molar-refractivity contribution in [2.24, 2.45) is 5.92 Å². The third-order valence-electron chi connectivity index (χ3n) is 3.67. The molecular formula is C11H13FN4O3. The van der Waals surface area contributed by atoms with Gasteiger partial charge in [-0.05, 0) is 6.42 Å². The Bertz CT molecular complexity index is 655. The van der Waals surface area contributed by atoms with Crippen molar-refractivity contribution >= 4 is 11.2 Å². The number of nitrogens with zero attached hydrogens (tertiary/aromatic N) is 3. The number of aliphatic hydroxyl groups is 2. The van der Waals surface area contributed by atoms with E-state index < -0.39 is 24.2 Å². The maximum atomic E-state index is 13.8. The molecule has 0 unspecified atom stereocenters. The Hall–Kier alpha value is -1.80. The van der Waals surface area contributed by atoms with Crippen molar-refractivity contribution < 1.29 is 14.6 Å². The molecule has 1 saturated carbocycles. The summed E-state index contributed by atoms with van der Waals surface area (Å²) in [7, 11) is 0. The second-order valence-corrected chi connectivity index (χ2v) is 4.74. The molecule has 3 rings (SSSR count). The Morgan fingerprint density at radius 3 is 3.00 bits per heavy atom. The van der Waals surface area contributed by atoms with Crippen LogP contribution >= 0.6 is 0 Å². The standard InChI is InChI=1S/C11H13FN4O3/c12-7-5(2-17)1-6(9(7)18)16-4-15-8-10(16)13-3-14-11(8)19/h3-7,9,17-18H,1-2H2,(H,13,14,19)/t5-,6-,7+,9+/m1/s1. The Balaban J connectivity index is 2.06. The molecular weight excluding hydrogens is 255 g/mol. The van der Waals surface area contributed by atoms with E-state index in [2.05, 4.69) is 15.0 Å². The smallest absolute Gasteiger partial charge is 0.278 e. The highest BCUT2D eigenvalue weighted by atomic mass is 19.1. The molecule has 7 nitrogen and oxygen atoms in total. The summed E-state index contributed by atoms with van der Waals surface area (Å²) in [5.74, 6) is -0.612. The van der Waals surface area contributed by atoms with Gasteiger partial charge < -0.3 is 19.8 Å². The van der Waals surface area contributed by atoms with Gasteiger partial charge in [0.25, 0.3) is 5.56 Å². The lowest BCUT2D eigenvalue weighted by Gasteiger charge is -2.16. The van der Waals surface area contributed by atoms with Gasteiger partial charge in [-0.3, -0.25) is 4.79 Å². The summed E-state index contributed by atoms with van der Waals surface area (Å²) in [6, 6.07) is -0.577. The lowest BCUT2D eigenvalue weighted by molar-refractivity contribution is 0.0509. The number of imidazole rings is 1. The fraction of sp³-hybridized carbons (Fsp3) is 0.545. The van der Waals surface area contributed by atoms with Gasteiger partial charge in [0.1, 0.15) is 12.3 Å². The molecule has 102 valence electrons. The first-order chi connectivity index (χ1) is 9.13. The summed E-state index contributed by atoms with van der Waals surface area (Å²) in [5.41, 5.74) is 0.0721. The predicted molar refractivity (Wildman–Crippen MR) is 63.3 cm³/mol. The highest BCUT2D eigenvalue weighted by molar-refractivity contribution is 5.69. The van der Waals surface area contributed by atoms with Crippen LogP contribution < -0.4 is 5.56 Å². The van der Waals surface area contributed by atoms with Gasteiger partial charge in [0.15, 0.2) is 11.2 Å².